The van der Waals surface area contributed by atoms with Gasteiger partial charge >= 0.3 is 0 Å². The predicted octanol–water partition coefficient (Wildman–Crippen LogP) is 1.79. The first-order valence-electron chi connectivity index (χ1n) is 3.44. The Morgan fingerprint density at radius 2 is 2.00 bits per heavy atom. The zero-order chi connectivity index (χ0) is 7.72. The highest BCUT2D eigenvalue weighted by molar-refractivity contribution is 9.09. The number of rotatable bonds is 1. The van der Waals surface area contributed by atoms with Gasteiger partial charge in [-0.3, -0.25) is 0 Å². The van der Waals surface area contributed by atoms with Crippen molar-refractivity contribution in [3.63, 3.8) is 0 Å². The molecule has 1 unspecified atom stereocenters. The molecule has 1 atom stereocenters. The molecule has 2 nitrogen and oxygen atoms in total. The highest BCUT2D eigenvalue weighted by Crippen LogP contribution is 2.20. The summed E-state index contributed by atoms with van der Waals surface area (Å²) in [5.74, 6) is 0. The quantitative estimate of drug-likeness (QED) is 0.475. The van der Waals surface area contributed by atoms with E-state index in [1.165, 1.54) is 0 Å². The van der Waals surface area contributed by atoms with Crippen molar-refractivity contribution in [2.75, 3.05) is 7.05 Å². The number of nitrogens with zero attached hydrogens (tertiary/aromatic N) is 2. The van der Waals surface area contributed by atoms with E-state index in [4.69, 9.17) is 0 Å². The van der Waals surface area contributed by atoms with Gasteiger partial charge in [0, 0.05) is 25.5 Å². The Hall–Kier alpha value is -0.180. The summed E-state index contributed by atoms with van der Waals surface area (Å²) < 4.78 is 0. The molecule has 0 bridgehead atoms. The van der Waals surface area contributed by atoms with E-state index in [0.717, 1.165) is 0 Å². The molecule has 0 aromatic carbocycles. The second-order valence-electron chi connectivity index (χ2n) is 2.82. The first-order valence-corrected chi connectivity index (χ1v) is 4.36. The molecule has 0 aliphatic carbocycles. The zero-order valence-corrected chi connectivity index (χ0v) is 8.17. The van der Waals surface area contributed by atoms with Crippen LogP contribution in [0.15, 0.2) is 12.4 Å². The molecular weight excluding hydrogens is 192 g/mol. The molecule has 1 aliphatic rings. The summed E-state index contributed by atoms with van der Waals surface area (Å²) in [5.41, 5.74) is 0. The largest absolute Gasteiger partial charge is 0.350 e. The Morgan fingerprint density at radius 1 is 1.40 bits per heavy atom. The SMILES string of the molecule is CC(C)N1C=CN(C)C1Br. The van der Waals surface area contributed by atoms with E-state index in [-0.39, 0.29) is 0 Å². The van der Waals surface area contributed by atoms with E-state index in [1.54, 1.807) is 0 Å². The summed E-state index contributed by atoms with van der Waals surface area (Å²) in [5, 5.41) is 0.340. The van der Waals surface area contributed by atoms with Crippen LogP contribution in [0.2, 0.25) is 0 Å². The normalized spacial score (nSPS) is 25.1. The molecule has 0 spiro atoms. The van der Waals surface area contributed by atoms with Crippen molar-refractivity contribution in [1.29, 1.82) is 0 Å². The lowest BCUT2D eigenvalue weighted by atomic mass is 10.4. The summed E-state index contributed by atoms with van der Waals surface area (Å²) in [6.07, 6.45) is 4.17. The van der Waals surface area contributed by atoms with E-state index in [9.17, 15) is 0 Å². The van der Waals surface area contributed by atoms with Crippen LogP contribution in [0.3, 0.4) is 0 Å². The third-order valence-corrected chi connectivity index (χ3v) is 2.77. The number of hydrogen-bond donors (Lipinski definition) is 0. The van der Waals surface area contributed by atoms with Crippen molar-refractivity contribution >= 4 is 15.9 Å². The molecule has 0 amide bonds. The third kappa shape index (κ3) is 1.29. The van der Waals surface area contributed by atoms with Crippen LogP contribution in [0.25, 0.3) is 0 Å². The number of alkyl halides is 1. The predicted molar refractivity (Wildman–Crippen MR) is 46.6 cm³/mol. The van der Waals surface area contributed by atoms with Gasteiger partial charge in [-0.25, -0.2) is 0 Å². The standard InChI is InChI=1S/C7H13BrN2/c1-6(2)10-5-4-9(3)7(10)8/h4-7H,1-3H3. The molecule has 0 radical (unpaired) electrons. The van der Waals surface area contributed by atoms with Gasteiger partial charge < -0.3 is 9.80 Å². The van der Waals surface area contributed by atoms with Crippen LogP contribution in [0.4, 0.5) is 0 Å². The van der Waals surface area contributed by atoms with Crippen molar-refractivity contribution in [3.05, 3.63) is 12.4 Å². The smallest absolute Gasteiger partial charge is 0.158 e. The van der Waals surface area contributed by atoms with Gasteiger partial charge in [0.1, 0.15) is 0 Å². The summed E-state index contributed by atoms with van der Waals surface area (Å²) in [7, 11) is 2.05. The lowest BCUT2D eigenvalue weighted by molar-refractivity contribution is 0.229. The summed E-state index contributed by atoms with van der Waals surface area (Å²) in [6, 6.07) is 0.561. The minimum absolute atomic E-state index is 0.340. The molecule has 3 heteroatoms. The minimum atomic E-state index is 0.340. The van der Waals surface area contributed by atoms with E-state index in [1.807, 2.05) is 0 Å². The van der Waals surface area contributed by atoms with E-state index >= 15 is 0 Å². The molecule has 58 valence electrons. The lowest BCUT2D eigenvalue weighted by Gasteiger charge is -2.28. The van der Waals surface area contributed by atoms with Crippen molar-refractivity contribution in [2.24, 2.45) is 0 Å². The molecule has 1 rings (SSSR count). The molecule has 0 aromatic rings. The van der Waals surface area contributed by atoms with Crippen molar-refractivity contribution in [2.45, 2.75) is 25.0 Å². The van der Waals surface area contributed by atoms with Crippen LogP contribution in [-0.2, 0) is 0 Å². The summed E-state index contributed by atoms with van der Waals surface area (Å²) in [4.78, 5) is 4.38. The fraction of sp³-hybridized carbons (Fsp3) is 0.714. The van der Waals surface area contributed by atoms with Crippen LogP contribution >= 0.6 is 15.9 Å². The highest BCUT2D eigenvalue weighted by Gasteiger charge is 2.21. The van der Waals surface area contributed by atoms with E-state index in [2.05, 4.69) is 59.0 Å². The Labute approximate surface area is 70.6 Å². The van der Waals surface area contributed by atoms with Crippen molar-refractivity contribution in [1.82, 2.24) is 9.80 Å². The molecule has 0 aromatic heterocycles. The fourth-order valence-corrected chi connectivity index (χ4v) is 1.70. The topological polar surface area (TPSA) is 6.48 Å². The molecule has 1 aliphatic heterocycles. The minimum Gasteiger partial charge on any atom is -0.350 e. The monoisotopic (exact) mass is 204 g/mol. The Morgan fingerprint density at radius 3 is 2.20 bits per heavy atom. The van der Waals surface area contributed by atoms with Gasteiger partial charge in [-0.2, -0.15) is 0 Å². The van der Waals surface area contributed by atoms with Crippen LogP contribution in [-0.4, -0.2) is 28.0 Å². The summed E-state index contributed by atoms with van der Waals surface area (Å²) in [6.45, 7) is 4.36. The molecule has 1 heterocycles. The van der Waals surface area contributed by atoms with Gasteiger partial charge in [-0.1, -0.05) is 0 Å². The van der Waals surface area contributed by atoms with E-state index < -0.39 is 0 Å². The molecule has 0 fully saturated rings. The van der Waals surface area contributed by atoms with Gasteiger partial charge in [0.15, 0.2) is 5.08 Å². The van der Waals surface area contributed by atoms with Crippen LogP contribution in [0, 0.1) is 0 Å². The summed E-state index contributed by atoms with van der Waals surface area (Å²) >= 11 is 3.56. The maximum atomic E-state index is 3.56. The second kappa shape index (κ2) is 2.82. The van der Waals surface area contributed by atoms with Crippen LogP contribution in [0.5, 0.6) is 0 Å². The van der Waals surface area contributed by atoms with Gasteiger partial charge in [0.05, 0.1) is 0 Å². The molecular formula is C7H13BrN2. The molecule has 0 N–H and O–H groups in total. The Balaban J connectivity index is 2.58. The first-order chi connectivity index (χ1) is 4.63. The average molecular weight is 205 g/mol. The Bertz CT molecular complexity index is 145. The van der Waals surface area contributed by atoms with Gasteiger partial charge in [0.25, 0.3) is 0 Å². The highest BCUT2D eigenvalue weighted by atomic mass is 79.9. The van der Waals surface area contributed by atoms with Gasteiger partial charge in [-0.15, -0.1) is 0 Å². The second-order valence-corrected chi connectivity index (χ2v) is 3.63. The van der Waals surface area contributed by atoms with E-state index in [0.29, 0.717) is 11.1 Å². The first kappa shape index (κ1) is 7.92. The third-order valence-electron chi connectivity index (χ3n) is 1.65. The van der Waals surface area contributed by atoms with Crippen molar-refractivity contribution < 1.29 is 0 Å². The fourth-order valence-electron chi connectivity index (χ4n) is 0.953. The van der Waals surface area contributed by atoms with Gasteiger partial charge in [0.2, 0.25) is 0 Å². The van der Waals surface area contributed by atoms with Crippen LogP contribution in [0.1, 0.15) is 13.8 Å². The Kier molecular flexibility index (Phi) is 2.24. The van der Waals surface area contributed by atoms with Crippen LogP contribution < -0.4 is 0 Å². The zero-order valence-electron chi connectivity index (χ0n) is 6.58. The lowest BCUT2D eigenvalue weighted by Crippen LogP contribution is -2.35. The maximum Gasteiger partial charge on any atom is 0.158 e. The number of halogens is 1. The van der Waals surface area contributed by atoms with Gasteiger partial charge in [-0.05, 0) is 29.8 Å². The molecule has 10 heavy (non-hydrogen) atoms. The maximum absolute atomic E-state index is 3.56. The van der Waals surface area contributed by atoms with Crippen molar-refractivity contribution in [3.8, 4) is 0 Å². The average Bonchev–Trinajstić information content (AvgIpc) is 2.14. The number of hydrogen-bond acceptors (Lipinski definition) is 2. The molecule has 0 saturated heterocycles. The molecule has 0 saturated carbocycles.